The van der Waals surface area contributed by atoms with E-state index in [-0.39, 0.29) is 5.91 Å². The van der Waals surface area contributed by atoms with Gasteiger partial charge in [0.15, 0.2) is 0 Å². The summed E-state index contributed by atoms with van der Waals surface area (Å²) in [6.07, 6.45) is 0.411. The second-order valence-corrected chi connectivity index (χ2v) is 4.55. The fourth-order valence-electron chi connectivity index (χ4n) is 1.93. The first kappa shape index (κ1) is 12.4. The maximum absolute atomic E-state index is 11.8. The lowest BCUT2D eigenvalue weighted by Crippen LogP contribution is -2.26. The van der Waals surface area contributed by atoms with Gasteiger partial charge in [0.05, 0.1) is 6.42 Å². The monoisotopic (exact) mass is 239 g/mol. The summed E-state index contributed by atoms with van der Waals surface area (Å²) in [5, 5.41) is 5.17. The molecule has 0 aliphatic rings. The van der Waals surface area contributed by atoms with E-state index in [2.05, 4.69) is 30.1 Å². The van der Waals surface area contributed by atoms with E-state index in [0.29, 0.717) is 13.0 Å². The van der Waals surface area contributed by atoms with Crippen molar-refractivity contribution in [3.63, 3.8) is 0 Å². The Morgan fingerprint density at radius 3 is 2.67 bits per heavy atom. The van der Waals surface area contributed by atoms with Crippen LogP contribution in [-0.2, 0) is 11.2 Å². The molecule has 92 valence electrons. The van der Waals surface area contributed by atoms with Crippen molar-refractivity contribution in [1.29, 1.82) is 0 Å². The summed E-state index contributed by atoms with van der Waals surface area (Å²) in [7, 11) is 0. The smallest absolute Gasteiger partial charge is 0.224 e. The fraction of sp³-hybridized carbons (Fsp3) is 0.188. The van der Waals surface area contributed by atoms with Crippen molar-refractivity contribution < 1.29 is 4.79 Å². The number of nitrogens with one attached hydrogen (secondary N) is 1. The van der Waals surface area contributed by atoms with E-state index in [4.69, 9.17) is 0 Å². The molecule has 2 rings (SSSR count). The van der Waals surface area contributed by atoms with Gasteiger partial charge in [-0.1, -0.05) is 54.6 Å². The summed E-state index contributed by atoms with van der Waals surface area (Å²) >= 11 is 0. The van der Waals surface area contributed by atoms with Crippen molar-refractivity contribution in [2.75, 3.05) is 6.54 Å². The maximum atomic E-state index is 11.8. The quantitative estimate of drug-likeness (QED) is 0.816. The summed E-state index contributed by atoms with van der Waals surface area (Å²) in [5.41, 5.74) is 2.02. The topological polar surface area (TPSA) is 29.1 Å². The van der Waals surface area contributed by atoms with Crippen LogP contribution in [-0.4, -0.2) is 12.5 Å². The summed E-state index contributed by atoms with van der Waals surface area (Å²) in [6.45, 7) is 6.22. The third kappa shape index (κ3) is 2.98. The Kier molecular flexibility index (Phi) is 3.78. The number of hydrogen-bond acceptors (Lipinski definition) is 1. The van der Waals surface area contributed by atoms with Gasteiger partial charge in [0.1, 0.15) is 0 Å². The molecule has 0 spiro atoms. The molecule has 2 nitrogen and oxygen atoms in total. The molecule has 2 aromatic rings. The Hall–Kier alpha value is -2.09. The summed E-state index contributed by atoms with van der Waals surface area (Å²) in [4.78, 5) is 11.8. The number of amides is 1. The van der Waals surface area contributed by atoms with Crippen LogP contribution < -0.4 is 5.32 Å². The van der Waals surface area contributed by atoms with Crippen molar-refractivity contribution in [3.8, 4) is 0 Å². The maximum Gasteiger partial charge on any atom is 0.224 e. The number of benzene rings is 2. The molecule has 18 heavy (non-hydrogen) atoms. The van der Waals surface area contributed by atoms with E-state index in [1.807, 2.05) is 31.2 Å². The number of hydrogen-bond donors (Lipinski definition) is 1. The highest BCUT2D eigenvalue weighted by Gasteiger charge is 2.06. The predicted octanol–water partition coefficient (Wildman–Crippen LogP) is 3.07. The van der Waals surface area contributed by atoms with Gasteiger partial charge >= 0.3 is 0 Å². The van der Waals surface area contributed by atoms with Crippen LogP contribution >= 0.6 is 0 Å². The molecular formula is C16H17NO. The van der Waals surface area contributed by atoms with Crippen LogP contribution in [0.5, 0.6) is 0 Å². The summed E-state index contributed by atoms with van der Waals surface area (Å²) < 4.78 is 0. The standard InChI is InChI=1S/C16H17NO/c1-12(2)11-17-16(18)10-14-8-5-7-13-6-3-4-9-15(13)14/h3-9H,1,10-11H2,2H3,(H,17,18). The average molecular weight is 239 g/mol. The largest absolute Gasteiger partial charge is 0.352 e. The van der Waals surface area contributed by atoms with Gasteiger partial charge in [-0.15, -0.1) is 0 Å². The number of fused-ring (bicyclic) bond motifs is 1. The van der Waals surface area contributed by atoms with Gasteiger partial charge in [0.25, 0.3) is 0 Å². The SMILES string of the molecule is C=C(C)CNC(=O)Cc1cccc2ccccc12. The van der Waals surface area contributed by atoms with Crippen molar-refractivity contribution in [2.45, 2.75) is 13.3 Å². The van der Waals surface area contributed by atoms with Gasteiger partial charge in [-0.3, -0.25) is 4.79 Å². The molecule has 0 fully saturated rings. The molecule has 1 N–H and O–H groups in total. The van der Waals surface area contributed by atoms with Gasteiger partial charge in [0, 0.05) is 6.54 Å². The molecule has 0 aromatic heterocycles. The zero-order chi connectivity index (χ0) is 13.0. The molecule has 0 saturated heterocycles. The zero-order valence-corrected chi connectivity index (χ0v) is 10.6. The van der Waals surface area contributed by atoms with E-state index in [9.17, 15) is 4.79 Å². The van der Waals surface area contributed by atoms with Crippen LogP contribution in [0.3, 0.4) is 0 Å². The van der Waals surface area contributed by atoms with Crippen molar-refractivity contribution in [1.82, 2.24) is 5.32 Å². The number of carbonyl (C=O) groups is 1. The first-order valence-corrected chi connectivity index (χ1v) is 6.04. The van der Waals surface area contributed by atoms with Crippen LogP contribution in [0, 0.1) is 0 Å². The van der Waals surface area contributed by atoms with Gasteiger partial charge in [0.2, 0.25) is 5.91 Å². The van der Waals surface area contributed by atoms with E-state index in [1.165, 1.54) is 5.39 Å². The van der Waals surface area contributed by atoms with Crippen molar-refractivity contribution in [3.05, 3.63) is 60.2 Å². The summed E-state index contributed by atoms with van der Waals surface area (Å²) in [5.74, 6) is 0.0364. The molecule has 0 atom stereocenters. The van der Waals surface area contributed by atoms with Crippen LogP contribution in [0.15, 0.2) is 54.6 Å². The Bertz CT molecular complexity index is 581. The van der Waals surface area contributed by atoms with Gasteiger partial charge in [-0.05, 0) is 23.3 Å². The molecule has 0 aliphatic heterocycles. The second-order valence-electron chi connectivity index (χ2n) is 4.55. The molecule has 1 amide bonds. The fourth-order valence-corrected chi connectivity index (χ4v) is 1.93. The molecule has 2 heteroatoms. The lowest BCUT2D eigenvalue weighted by molar-refractivity contribution is -0.120. The number of rotatable bonds is 4. The minimum Gasteiger partial charge on any atom is -0.352 e. The molecule has 0 bridgehead atoms. The molecule has 0 aliphatic carbocycles. The highest BCUT2D eigenvalue weighted by atomic mass is 16.1. The zero-order valence-electron chi connectivity index (χ0n) is 10.6. The van der Waals surface area contributed by atoms with E-state index < -0.39 is 0 Å². The Labute approximate surface area is 107 Å². The van der Waals surface area contributed by atoms with Crippen LogP contribution in [0.25, 0.3) is 10.8 Å². The lowest BCUT2D eigenvalue weighted by Gasteiger charge is -2.07. The minimum absolute atomic E-state index is 0.0364. The van der Waals surface area contributed by atoms with Crippen LogP contribution in [0.4, 0.5) is 0 Å². The van der Waals surface area contributed by atoms with Crippen LogP contribution in [0.1, 0.15) is 12.5 Å². The molecule has 0 saturated carbocycles. The minimum atomic E-state index is 0.0364. The van der Waals surface area contributed by atoms with E-state index in [0.717, 1.165) is 16.5 Å². The highest BCUT2D eigenvalue weighted by Crippen LogP contribution is 2.18. The normalized spacial score (nSPS) is 10.3. The van der Waals surface area contributed by atoms with Gasteiger partial charge in [-0.25, -0.2) is 0 Å². The Morgan fingerprint density at radius 1 is 1.17 bits per heavy atom. The highest BCUT2D eigenvalue weighted by molar-refractivity contribution is 5.90. The molecular weight excluding hydrogens is 222 g/mol. The summed E-state index contributed by atoms with van der Waals surface area (Å²) in [6, 6.07) is 14.2. The molecule has 2 aromatic carbocycles. The molecule has 0 unspecified atom stereocenters. The lowest BCUT2D eigenvalue weighted by atomic mass is 10.0. The van der Waals surface area contributed by atoms with Crippen molar-refractivity contribution >= 4 is 16.7 Å². The van der Waals surface area contributed by atoms with Crippen molar-refractivity contribution in [2.24, 2.45) is 0 Å². The Morgan fingerprint density at radius 2 is 1.89 bits per heavy atom. The first-order chi connectivity index (χ1) is 8.66. The van der Waals surface area contributed by atoms with Gasteiger partial charge in [-0.2, -0.15) is 0 Å². The molecule has 0 radical (unpaired) electrons. The van der Waals surface area contributed by atoms with E-state index >= 15 is 0 Å². The Balaban J connectivity index is 2.16. The predicted molar refractivity (Wildman–Crippen MR) is 75.5 cm³/mol. The van der Waals surface area contributed by atoms with E-state index in [1.54, 1.807) is 0 Å². The third-order valence-electron chi connectivity index (χ3n) is 2.82. The second kappa shape index (κ2) is 5.50. The first-order valence-electron chi connectivity index (χ1n) is 6.04. The number of carbonyl (C=O) groups excluding carboxylic acids is 1. The van der Waals surface area contributed by atoms with Crippen LogP contribution in [0.2, 0.25) is 0 Å². The molecule has 0 heterocycles. The average Bonchev–Trinajstić information content (AvgIpc) is 2.37. The third-order valence-corrected chi connectivity index (χ3v) is 2.82. The van der Waals surface area contributed by atoms with Gasteiger partial charge < -0.3 is 5.32 Å².